The lowest BCUT2D eigenvalue weighted by molar-refractivity contribution is 0.337. The van der Waals surface area contributed by atoms with Crippen molar-refractivity contribution in [3.63, 3.8) is 0 Å². The molecule has 0 amide bonds. The second-order valence-electron chi connectivity index (χ2n) is 6.01. The van der Waals surface area contributed by atoms with E-state index in [0.29, 0.717) is 17.4 Å². The van der Waals surface area contributed by atoms with Gasteiger partial charge in [0.25, 0.3) is 0 Å². The van der Waals surface area contributed by atoms with E-state index < -0.39 is 10.1 Å². The highest BCUT2D eigenvalue weighted by molar-refractivity contribution is 8.00. The van der Waals surface area contributed by atoms with Gasteiger partial charge in [0.15, 0.2) is 0 Å². The van der Waals surface area contributed by atoms with Crippen LogP contribution >= 0.6 is 11.8 Å². The van der Waals surface area contributed by atoms with E-state index in [-0.39, 0.29) is 4.90 Å². The van der Waals surface area contributed by atoms with Gasteiger partial charge < -0.3 is 0 Å². The first-order valence-electron chi connectivity index (χ1n) is 7.70. The van der Waals surface area contributed by atoms with Crippen LogP contribution in [0.25, 0.3) is 0 Å². The molecule has 0 N–H and O–H groups in total. The molecule has 0 saturated heterocycles. The highest BCUT2D eigenvalue weighted by Crippen LogP contribution is 2.36. The summed E-state index contributed by atoms with van der Waals surface area (Å²) >= 11 is 1.77. The molecule has 3 rings (SSSR count). The predicted octanol–water partition coefficient (Wildman–Crippen LogP) is 4.30. The Labute approximate surface area is 147 Å². The molecule has 0 fully saturated rings. The van der Waals surface area contributed by atoms with E-state index in [9.17, 15) is 8.42 Å². The second-order valence-corrected chi connectivity index (χ2v) is 9.02. The average molecular weight is 361 g/mol. The van der Waals surface area contributed by atoms with Gasteiger partial charge in [-0.05, 0) is 38.1 Å². The molecule has 24 heavy (non-hydrogen) atoms. The van der Waals surface area contributed by atoms with Crippen molar-refractivity contribution in [3.05, 3.63) is 59.2 Å². The molecule has 0 saturated carbocycles. The van der Waals surface area contributed by atoms with Crippen LogP contribution in [-0.2, 0) is 14.4 Å². The Morgan fingerprint density at radius 3 is 2.46 bits per heavy atom. The highest BCUT2D eigenvalue weighted by atomic mass is 32.2. The summed E-state index contributed by atoms with van der Waals surface area (Å²) in [6.45, 7) is 6.00. The molecular formula is C18H19NO3S2. The van der Waals surface area contributed by atoms with Gasteiger partial charge in [-0.3, -0.25) is 4.28 Å². The fourth-order valence-electron chi connectivity index (χ4n) is 2.54. The molecule has 1 aliphatic heterocycles. The smallest absolute Gasteiger partial charge is 0.264 e. The Hall–Kier alpha value is -1.79. The van der Waals surface area contributed by atoms with Crippen LogP contribution in [0.5, 0.6) is 0 Å². The molecule has 0 aromatic heterocycles. The number of rotatable bonds is 3. The molecule has 6 heteroatoms. The SMILES string of the molecule is Cc1ccc(S(=O)(=O)O/N=C2\CC(C)Sc3ccc(C)cc32)cc1. The van der Waals surface area contributed by atoms with E-state index in [1.807, 2.05) is 26.0 Å². The molecule has 1 heterocycles. The van der Waals surface area contributed by atoms with Gasteiger partial charge >= 0.3 is 10.1 Å². The molecular weight excluding hydrogens is 342 g/mol. The van der Waals surface area contributed by atoms with Crippen LogP contribution in [0.15, 0.2) is 57.4 Å². The van der Waals surface area contributed by atoms with Crippen LogP contribution in [0.3, 0.4) is 0 Å². The monoisotopic (exact) mass is 361 g/mol. The van der Waals surface area contributed by atoms with Crippen LogP contribution < -0.4 is 0 Å². The van der Waals surface area contributed by atoms with Crippen molar-refractivity contribution in [1.29, 1.82) is 0 Å². The molecule has 0 aliphatic carbocycles. The van der Waals surface area contributed by atoms with Gasteiger partial charge in [0.1, 0.15) is 4.90 Å². The van der Waals surface area contributed by atoms with E-state index in [1.54, 1.807) is 23.9 Å². The Morgan fingerprint density at radius 2 is 1.75 bits per heavy atom. The second kappa shape index (κ2) is 6.61. The standard InChI is InChI=1S/C18H19NO3S2/c1-12-4-7-15(8-5-12)24(20,21)22-19-17-11-14(3)23-18-9-6-13(2)10-16(17)18/h4-10,14H,11H2,1-3H3/b19-17+. The minimum Gasteiger partial charge on any atom is -0.264 e. The van der Waals surface area contributed by atoms with Gasteiger partial charge in [0, 0.05) is 22.1 Å². The van der Waals surface area contributed by atoms with Crippen molar-refractivity contribution >= 4 is 27.6 Å². The molecule has 0 spiro atoms. The van der Waals surface area contributed by atoms with Crippen molar-refractivity contribution in [1.82, 2.24) is 0 Å². The molecule has 126 valence electrons. The summed E-state index contributed by atoms with van der Waals surface area (Å²) in [7, 11) is -3.90. The molecule has 1 atom stereocenters. The lowest BCUT2D eigenvalue weighted by Crippen LogP contribution is -2.17. The number of fused-ring (bicyclic) bond motifs is 1. The number of hydrogen-bond acceptors (Lipinski definition) is 5. The molecule has 0 radical (unpaired) electrons. The fourth-order valence-corrected chi connectivity index (χ4v) is 4.41. The van der Waals surface area contributed by atoms with Gasteiger partial charge in [0.05, 0.1) is 5.71 Å². The molecule has 4 nitrogen and oxygen atoms in total. The van der Waals surface area contributed by atoms with E-state index in [1.165, 1.54) is 12.1 Å². The fraction of sp³-hybridized carbons (Fsp3) is 0.278. The van der Waals surface area contributed by atoms with Crippen molar-refractivity contribution < 1.29 is 12.7 Å². The zero-order chi connectivity index (χ0) is 17.3. The molecule has 2 aromatic carbocycles. The van der Waals surface area contributed by atoms with Gasteiger partial charge in [-0.25, -0.2) is 0 Å². The van der Waals surface area contributed by atoms with Crippen molar-refractivity contribution in [3.8, 4) is 0 Å². The number of nitrogens with zero attached hydrogens (tertiary/aromatic N) is 1. The zero-order valence-electron chi connectivity index (χ0n) is 13.8. The third-order valence-electron chi connectivity index (χ3n) is 3.81. The van der Waals surface area contributed by atoms with Crippen LogP contribution in [0.1, 0.15) is 30.0 Å². The summed E-state index contributed by atoms with van der Waals surface area (Å²) in [4.78, 5) is 1.22. The van der Waals surface area contributed by atoms with E-state index >= 15 is 0 Å². The van der Waals surface area contributed by atoms with Gasteiger partial charge in [0.2, 0.25) is 0 Å². The number of thioether (sulfide) groups is 1. The molecule has 0 bridgehead atoms. The summed E-state index contributed by atoms with van der Waals surface area (Å²) in [6, 6.07) is 12.7. The predicted molar refractivity (Wildman–Crippen MR) is 97.1 cm³/mol. The zero-order valence-corrected chi connectivity index (χ0v) is 15.4. The third kappa shape index (κ3) is 3.65. The summed E-state index contributed by atoms with van der Waals surface area (Å²) in [5.41, 5.74) is 3.73. The quantitative estimate of drug-likeness (QED) is 0.765. The Kier molecular flexibility index (Phi) is 4.69. The van der Waals surface area contributed by atoms with Gasteiger partial charge in [-0.1, -0.05) is 41.4 Å². The number of hydrogen-bond donors (Lipinski definition) is 0. The van der Waals surface area contributed by atoms with Crippen molar-refractivity contribution in [2.24, 2.45) is 5.16 Å². The summed E-state index contributed by atoms with van der Waals surface area (Å²) in [6.07, 6.45) is 0.671. The lowest BCUT2D eigenvalue weighted by Gasteiger charge is -2.22. The maximum atomic E-state index is 12.3. The molecule has 1 aliphatic rings. The third-order valence-corrected chi connectivity index (χ3v) is 6.11. The van der Waals surface area contributed by atoms with Gasteiger partial charge in [-0.2, -0.15) is 8.42 Å². The Balaban J connectivity index is 1.92. The topological polar surface area (TPSA) is 55.7 Å². The van der Waals surface area contributed by atoms with E-state index in [4.69, 9.17) is 4.28 Å². The lowest BCUT2D eigenvalue weighted by atomic mass is 10.0. The molecule has 2 aromatic rings. The van der Waals surface area contributed by atoms with Crippen molar-refractivity contribution in [2.75, 3.05) is 0 Å². The maximum Gasteiger partial charge on any atom is 0.358 e. The van der Waals surface area contributed by atoms with Crippen molar-refractivity contribution in [2.45, 2.75) is 42.2 Å². The summed E-state index contributed by atoms with van der Waals surface area (Å²) in [5, 5.41) is 4.33. The molecule has 1 unspecified atom stereocenters. The van der Waals surface area contributed by atoms with E-state index in [2.05, 4.69) is 18.1 Å². The highest BCUT2D eigenvalue weighted by Gasteiger charge is 2.23. The minimum atomic E-state index is -3.90. The van der Waals surface area contributed by atoms with Crippen LogP contribution in [0.4, 0.5) is 0 Å². The van der Waals surface area contributed by atoms with Gasteiger partial charge in [-0.15, -0.1) is 11.8 Å². The van der Waals surface area contributed by atoms with E-state index in [0.717, 1.165) is 21.6 Å². The number of benzene rings is 2. The van der Waals surface area contributed by atoms with Crippen LogP contribution in [-0.4, -0.2) is 19.4 Å². The van der Waals surface area contributed by atoms with Crippen LogP contribution in [0, 0.1) is 13.8 Å². The normalized spacial score (nSPS) is 19.1. The maximum absolute atomic E-state index is 12.3. The average Bonchev–Trinajstić information content (AvgIpc) is 2.53. The first-order valence-corrected chi connectivity index (χ1v) is 9.99. The summed E-state index contributed by atoms with van der Waals surface area (Å²) < 4.78 is 29.6. The number of aryl methyl sites for hydroxylation is 2. The minimum absolute atomic E-state index is 0.111. The Morgan fingerprint density at radius 1 is 1.08 bits per heavy atom. The number of oxime groups is 1. The Bertz CT molecular complexity index is 887. The first-order chi connectivity index (χ1) is 11.3. The largest absolute Gasteiger partial charge is 0.358 e. The first kappa shape index (κ1) is 17.0. The van der Waals surface area contributed by atoms with Crippen LogP contribution in [0.2, 0.25) is 0 Å². The summed E-state index contributed by atoms with van der Waals surface area (Å²) in [5.74, 6) is 0.